The third-order valence-corrected chi connectivity index (χ3v) is 5.31. The molecular weight excluding hydrogens is 268 g/mol. The third kappa shape index (κ3) is 1.94. The minimum Gasteiger partial charge on any atom is -0.328 e. The summed E-state index contributed by atoms with van der Waals surface area (Å²) in [5.74, 6) is 1.44. The van der Waals surface area contributed by atoms with E-state index < -0.39 is 0 Å². The van der Waals surface area contributed by atoms with E-state index in [0.717, 1.165) is 34.7 Å². The summed E-state index contributed by atoms with van der Waals surface area (Å²) in [4.78, 5) is 3.41. The predicted molar refractivity (Wildman–Crippen MR) is 84.5 cm³/mol. The van der Waals surface area contributed by atoms with Crippen molar-refractivity contribution in [3.05, 3.63) is 10.5 Å². The molecule has 0 saturated heterocycles. The molecule has 3 unspecified atom stereocenters. The first-order valence-electron chi connectivity index (χ1n) is 7.70. The van der Waals surface area contributed by atoms with Crippen LogP contribution in [0.4, 0.5) is 0 Å². The Morgan fingerprint density at radius 3 is 2.70 bits per heavy atom. The van der Waals surface area contributed by atoms with E-state index in [1.54, 1.807) is 0 Å². The van der Waals surface area contributed by atoms with Gasteiger partial charge in [-0.2, -0.15) is 5.10 Å². The normalized spacial score (nSPS) is 26.7. The molecule has 20 heavy (non-hydrogen) atoms. The summed E-state index contributed by atoms with van der Waals surface area (Å²) in [5, 5.41) is 4.68. The fourth-order valence-electron chi connectivity index (χ4n) is 3.66. The number of nitrogens with one attached hydrogen (secondary N) is 1. The molecule has 1 aliphatic rings. The molecule has 2 aromatic heterocycles. The van der Waals surface area contributed by atoms with E-state index in [9.17, 15) is 0 Å². The van der Waals surface area contributed by atoms with Gasteiger partial charge in [0.2, 0.25) is 0 Å². The highest BCUT2D eigenvalue weighted by Gasteiger charge is 2.33. The minimum absolute atomic E-state index is 0.510. The summed E-state index contributed by atoms with van der Waals surface area (Å²) in [6, 6.07) is 0.510. The standard InChI is InChI=1S/C15H24N4S/c1-5-6-11-13-14(18(4)17-11)19(15(20)16-13)12-8-7-9(2)10(12)3/h9-10,12H,5-8H2,1-4H3,(H,16,20). The van der Waals surface area contributed by atoms with Gasteiger partial charge in [-0.25, -0.2) is 0 Å². The first kappa shape index (κ1) is 13.9. The molecule has 5 heteroatoms. The van der Waals surface area contributed by atoms with Crippen LogP contribution < -0.4 is 0 Å². The van der Waals surface area contributed by atoms with Gasteiger partial charge in [0.25, 0.3) is 0 Å². The van der Waals surface area contributed by atoms with Crippen LogP contribution in [0.15, 0.2) is 0 Å². The molecule has 0 bridgehead atoms. The quantitative estimate of drug-likeness (QED) is 0.869. The summed E-state index contributed by atoms with van der Waals surface area (Å²) in [6.45, 7) is 6.89. The maximum Gasteiger partial charge on any atom is 0.179 e. The Kier molecular flexibility index (Phi) is 3.48. The van der Waals surface area contributed by atoms with Gasteiger partial charge in [0, 0.05) is 13.1 Å². The maximum absolute atomic E-state index is 5.60. The summed E-state index contributed by atoms with van der Waals surface area (Å²) in [7, 11) is 2.03. The number of hydrogen-bond acceptors (Lipinski definition) is 2. The lowest BCUT2D eigenvalue weighted by Crippen LogP contribution is -2.16. The first-order valence-corrected chi connectivity index (χ1v) is 8.11. The number of aromatic amines is 1. The monoisotopic (exact) mass is 292 g/mol. The second kappa shape index (κ2) is 5.02. The molecule has 1 aliphatic carbocycles. The average molecular weight is 292 g/mol. The summed E-state index contributed by atoms with van der Waals surface area (Å²) >= 11 is 5.60. The zero-order valence-electron chi connectivity index (χ0n) is 12.8. The van der Waals surface area contributed by atoms with Crippen LogP contribution in [-0.4, -0.2) is 19.3 Å². The third-order valence-electron chi connectivity index (χ3n) is 5.01. The Labute approximate surface area is 125 Å². The van der Waals surface area contributed by atoms with Crippen molar-refractivity contribution in [3.63, 3.8) is 0 Å². The van der Waals surface area contributed by atoms with Crippen molar-refractivity contribution in [2.75, 3.05) is 0 Å². The Morgan fingerprint density at radius 1 is 1.35 bits per heavy atom. The van der Waals surface area contributed by atoms with Gasteiger partial charge in [0.05, 0.1) is 5.69 Å². The van der Waals surface area contributed by atoms with Gasteiger partial charge in [-0.1, -0.05) is 27.2 Å². The van der Waals surface area contributed by atoms with Crippen LogP contribution in [0, 0.1) is 16.6 Å². The van der Waals surface area contributed by atoms with E-state index in [-0.39, 0.29) is 0 Å². The lowest BCUT2D eigenvalue weighted by Gasteiger charge is -2.20. The zero-order chi connectivity index (χ0) is 14.4. The Balaban J connectivity index is 2.16. The molecule has 3 atom stereocenters. The molecule has 1 N–H and O–H groups in total. The van der Waals surface area contributed by atoms with Gasteiger partial charge in [0.1, 0.15) is 5.52 Å². The van der Waals surface area contributed by atoms with E-state index in [0.29, 0.717) is 12.0 Å². The van der Waals surface area contributed by atoms with Crippen molar-refractivity contribution in [2.45, 2.75) is 52.5 Å². The Hall–Kier alpha value is -1.10. The van der Waals surface area contributed by atoms with E-state index in [4.69, 9.17) is 12.2 Å². The smallest absolute Gasteiger partial charge is 0.179 e. The van der Waals surface area contributed by atoms with Crippen LogP contribution in [-0.2, 0) is 13.5 Å². The highest BCUT2D eigenvalue weighted by Crippen LogP contribution is 2.41. The second-order valence-corrected chi connectivity index (χ2v) is 6.69. The van der Waals surface area contributed by atoms with Crippen molar-refractivity contribution < 1.29 is 0 Å². The van der Waals surface area contributed by atoms with E-state index >= 15 is 0 Å². The van der Waals surface area contributed by atoms with Crippen LogP contribution in [0.25, 0.3) is 11.2 Å². The van der Waals surface area contributed by atoms with E-state index in [1.807, 2.05) is 11.7 Å². The first-order chi connectivity index (χ1) is 9.54. The molecular formula is C15H24N4S. The predicted octanol–water partition coefficient (Wildman–Crippen LogP) is 3.99. The van der Waals surface area contributed by atoms with Crippen molar-refractivity contribution in [1.82, 2.24) is 19.3 Å². The van der Waals surface area contributed by atoms with Crippen LogP contribution in [0.3, 0.4) is 0 Å². The van der Waals surface area contributed by atoms with Crippen molar-refractivity contribution in [2.24, 2.45) is 18.9 Å². The molecule has 0 spiro atoms. The van der Waals surface area contributed by atoms with Gasteiger partial charge >= 0.3 is 0 Å². The summed E-state index contributed by atoms with van der Waals surface area (Å²) < 4.78 is 5.18. The fourth-order valence-corrected chi connectivity index (χ4v) is 3.98. The van der Waals surface area contributed by atoms with Crippen LogP contribution in [0.1, 0.15) is 51.8 Å². The van der Waals surface area contributed by atoms with Crippen LogP contribution in [0.2, 0.25) is 0 Å². The number of nitrogens with zero attached hydrogens (tertiary/aromatic N) is 3. The molecule has 0 aromatic carbocycles. The number of hydrogen-bond donors (Lipinski definition) is 1. The number of aryl methyl sites for hydroxylation is 2. The lowest BCUT2D eigenvalue weighted by molar-refractivity contribution is 0.353. The molecule has 110 valence electrons. The Bertz CT molecular complexity index is 678. The molecule has 2 aromatic rings. The molecule has 2 heterocycles. The Morgan fingerprint density at radius 2 is 2.10 bits per heavy atom. The average Bonchev–Trinajstić information content (AvgIpc) is 2.99. The number of fused-ring (bicyclic) bond motifs is 1. The van der Waals surface area contributed by atoms with Gasteiger partial charge in [-0.3, -0.25) is 9.25 Å². The summed E-state index contributed by atoms with van der Waals surface area (Å²) in [5.41, 5.74) is 3.46. The molecule has 0 amide bonds. The molecule has 3 rings (SSSR count). The zero-order valence-corrected chi connectivity index (χ0v) is 13.6. The van der Waals surface area contributed by atoms with Crippen LogP contribution in [0.5, 0.6) is 0 Å². The molecule has 1 saturated carbocycles. The minimum atomic E-state index is 0.510. The SMILES string of the molecule is CCCc1nn(C)c2c1[nH]c(=S)n2C1CCC(C)C1C. The number of rotatable bonds is 3. The van der Waals surface area contributed by atoms with Crippen molar-refractivity contribution in [3.8, 4) is 0 Å². The number of H-pyrrole nitrogens is 1. The fraction of sp³-hybridized carbons (Fsp3) is 0.733. The number of imidazole rings is 1. The highest BCUT2D eigenvalue weighted by atomic mass is 32.1. The molecule has 4 nitrogen and oxygen atoms in total. The lowest BCUT2D eigenvalue weighted by atomic mass is 9.98. The van der Waals surface area contributed by atoms with E-state index in [1.165, 1.54) is 18.5 Å². The van der Waals surface area contributed by atoms with Gasteiger partial charge in [0.15, 0.2) is 10.4 Å². The van der Waals surface area contributed by atoms with Gasteiger partial charge < -0.3 is 4.98 Å². The topological polar surface area (TPSA) is 38.5 Å². The molecule has 0 aliphatic heterocycles. The van der Waals surface area contributed by atoms with Crippen molar-refractivity contribution >= 4 is 23.4 Å². The second-order valence-electron chi connectivity index (χ2n) is 6.30. The van der Waals surface area contributed by atoms with E-state index in [2.05, 4.69) is 35.4 Å². The largest absolute Gasteiger partial charge is 0.328 e. The molecule has 1 fully saturated rings. The van der Waals surface area contributed by atoms with Crippen molar-refractivity contribution in [1.29, 1.82) is 0 Å². The van der Waals surface area contributed by atoms with Gasteiger partial charge in [-0.15, -0.1) is 0 Å². The number of aromatic nitrogens is 4. The highest BCUT2D eigenvalue weighted by molar-refractivity contribution is 7.71. The van der Waals surface area contributed by atoms with Gasteiger partial charge in [-0.05, 0) is 43.3 Å². The maximum atomic E-state index is 5.60. The molecule has 0 radical (unpaired) electrons. The van der Waals surface area contributed by atoms with Crippen LogP contribution >= 0.6 is 12.2 Å². The summed E-state index contributed by atoms with van der Waals surface area (Å²) in [6.07, 6.45) is 4.62.